The van der Waals surface area contributed by atoms with Crippen molar-refractivity contribution in [2.45, 2.75) is 19.1 Å². The zero-order valence-electron chi connectivity index (χ0n) is 16.2. The third kappa shape index (κ3) is 5.82. The molecule has 0 radical (unpaired) electrons. The number of alkyl carbamates (subject to hydrolysis) is 1. The van der Waals surface area contributed by atoms with E-state index in [1.165, 1.54) is 0 Å². The first-order chi connectivity index (χ1) is 13.6. The molecule has 6 nitrogen and oxygen atoms in total. The van der Waals surface area contributed by atoms with Crippen LogP contribution in [0.1, 0.15) is 11.1 Å². The Labute approximate surface area is 166 Å². The molecule has 0 bridgehead atoms. The smallest absolute Gasteiger partial charge is 0.408 e. The molecular weight excluding hydrogens is 354 g/mol. The van der Waals surface area contributed by atoms with Crippen molar-refractivity contribution in [2.75, 3.05) is 33.2 Å². The number of ether oxygens (including phenoxy) is 1. The van der Waals surface area contributed by atoms with E-state index in [4.69, 9.17) is 4.74 Å². The third-order valence-corrected chi connectivity index (χ3v) is 4.90. The van der Waals surface area contributed by atoms with Gasteiger partial charge in [0.2, 0.25) is 5.91 Å². The number of rotatable bonds is 6. The second-order valence-electron chi connectivity index (χ2n) is 7.08. The summed E-state index contributed by atoms with van der Waals surface area (Å²) in [5.74, 6) is -0.0615. The molecule has 1 N–H and O–H groups in total. The van der Waals surface area contributed by atoms with E-state index >= 15 is 0 Å². The number of likely N-dealkylation sites (N-methyl/N-ethyl adjacent to an activating group) is 1. The Bertz CT molecular complexity index is 759. The number of amides is 2. The van der Waals surface area contributed by atoms with Crippen molar-refractivity contribution in [2.24, 2.45) is 0 Å². The van der Waals surface area contributed by atoms with Gasteiger partial charge in [0.15, 0.2) is 0 Å². The number of carbonyl (C=O) groups is 2. The topological polar surface area (TPSA) is 61.9 Å². The molecular formula is C22H27N3O3. The quantitative estimate of drug-likeness (QED) is 0.834. The average molecular weight is 381 g/mol. The van der Waals surface area contributed by atoms with E-state index in [-0.39, 0.29) is 12.5 Å². The molecule has 0 aliphatic carbocycles. The lowest BCUT2D eigenvalue weighted by molar-refractivity contribution is -0.134. The molecule has 2 amide bonds. The van der Waals surface area contributed by atoms with E-state index in [1.807, 2.05) is 72.6 Å². The summed E-state index contributed by atoms with van der Waals surface area (Å²) in [6.45, 7) is 3.18. The highest BCUT2D eigenvalue weighted by Crippen LogP contribution is 2.09. The highest BCUT2D eigenvalue weighted by atomic mass is 16.5. The molecule has 28 heavy (non-hydrogen) atoms. The minimum Gasteiger partial charge on any atom is -0.445 e. The van der Waals surface area contributed by atoms with Crippen molar-refractivity contribution >= 4 is 12.0 Å². The molecule has 1 aliphatic heterocycles. The Morgan fingerprint density at radius 1 is 0.929 bits per heavy atom. The number of hydrogen-bond acceptors (Lipinski definition) is 4. The summed E-state index contributed by atoms with van der Waals surface area (Å²) in [5, 5.41) is 2.78. The lowest BCUT2D eigenvalue weighted by Crippen LogP contribution is -2.55. The van der Waals surface area contributed by atoms with Crippen LogP contribution in [0.25, 0.3) is 0 Å². The molecule has 148 valence electrons. The van der Waals surface area contributed by atoms with Gasteiger partial charge < -0.3 is 19.9 Å². The summed E-state index contributed by atoms with van der Waals surface area (Å²) in [7, 11) is 2.04. The summed E-state index contributed by atoms with van der Waals surface area (Å²) < 4.78 is 5.32. The van der Waals surface area contributed by atoms with Crippen LogP contribution in [-0.4, -0.2) is 61.1 Å². The maximum absolute atomic E-state index is 13.1. The monoisotopic (exact) mass is 381 g/mol. The maximum Gasteiger partial charge on any atom is 0.408 e. The molecule has 1 unspecified atom stereocenters. The average Bonchev–Trinajstić information content (AvgIpc) is 2.73. The van der Waals surface area contributed by atoms with Gasteiger partial charge in [0.1, 0.15) is 12.6 Å². The van der Waals surface area contributed by atoms with Crippen molar-refractivity contribution < 1.29 is 14.3 Å². The van der Waals surface area contributed by atoms with Gasteiger partial charge in [0.25, 0.3) is 0 Å². The molecule has 0 spiro atoms. The minimum atomic E-state index is -0.644. The van der Waals surface area contributed by atoms with Crippen LogP contribution in [0.4, 0.5) is 4.79 Å². The number of nitrogens with zero attached hydrogens (tertiary/aromatic N) is 2. The fourth-order valence-electron chi connectivity index (χ4n) is 3.20. The molecule has 6 heteroatoms. The Kier molecular flexibility index (Phi) is 7.03. The Balaban J connectivity index is 1.63. The molecule has 3 rings (SSSR count). The normalized spacial score (nSPS) is 15.7. The Hall–Kier alpha value is -2.86. The van der Waals surface area contributed by atoms with Gasteiger partial charge in [-0.1, -0.05) is 60.7 Å². The lowest BCUT2D eigenvalue weighted by atomic mass is 10.0. The van der Waals surface area contributed by atoms with Crippen LogP contribution < -0.4 is 5.32 Å². The molecule has 1 atom stereocenters. The fraction of sp³-hybridized carbons (Fsp3) is 0.364. The van der Waals surface area contributed by atoms with E-state index in [1.54, 1.807) is 0 Å². The van der Waals surface area contributed by atoms with Crippen LogP contribution in [-0.2, 0) is 22.6 Å². The Morgan fingerprint density at radius 2 is 1.50 bits per heavy atom. The molecule has 2 aromatic carbocycles. The van der Waals surface area contributed by atoms with Crippen LogP contribution in [0.15, 0.2) is 60.7 Å². The van der Waals surface area contributed by atoms with Gasteiger partial charge in [-0.3, -0.25) is 4.79 Å². The van der Waals surface area contributed by atoms with E-state index in [0.29, 0.717) is 19.5 Å². The minimum absolute atomic E-state index is 0.0615. The van der Waals surface area contributed by atoms with Gasteiger partial charge in [-0.15, -0.1) is 0 Å². The SMILES string of the molecule is CN1CCN(C(=O)C(Cc2ccccc2)NC(=O)OCc2ccccc2)CC1. The summed E-state index contributed by atoms with van der Waals surface area (Å²) in [6.07, 6.45) is -0.140. The molecule has 0 aromatic heterocycles. The molecule has 1 heterocycles. The van der Waals surface area contributed by atoms with Crippen molar-refractivity contribution in [3.63, 3.8) is 0 Å². The van der Waals surface area contributed by atoms with Crippen LogP contribution >= 0.6 is 0 Å². The van der Waals surface area contributed by atoms with Gasteiger partial charge in [0, 0.05) is 32.6 Å². The number of piperazine rings is 1. The van der Waals surface area contributed by atoms with E-state index in [0.717, 1.165) is 24.2 Å². The standard InChI is InChI=1S/C22H27N3O3/c1-24-12-14-25(15-13-24)21(26)20(16-18-8-4-2-5-9-18)23-22(27)28-17-19-10-6-3-7-11-19/h2-11,20H,12-17H2,1H3,(H,23,27). The predicted octanol–water partition coefficient (Wildman–Crippen LogP) is 2.30. The van der Waals surface area contributed by atoms with Crippen LogP contribution in [0.2, 0.25) is 0 Å². The third-order valence-electron chi connectivity index (χ3n) is 4.90. The van der Waals surface area contributed by atoms with Crippen LogP contribution in [0, 0.1) is 0 Å². The molecule has 2 aromatic rings. The second-order valence-corrected chi connectivity index (χ2v) is 7.08. The van der Waals surface area contributed by atoms with Gasteiger partial charge in [0.05, 0.1) is 0 Å². The van der Waals surface area contributed by atoms with Gasteiger partial charge in [-0.25, -0.2) is 4.79 Å². The summed E-state index contributed by atoms with van der Waals surface area (Å²) >= 11 is 0. The first kappa shape index (κ1) is 19.9. The fourth-order valence-corrected chi connectivity index (χ4v) is 3.20. The van der Waals surface area contributed by atoms with Crippen LogP contribution in [0.5, 0.6) is 0 Å². The predicted molar refractivity (Wildman–Crippen MR) is 108 cm³/mol. The highest BCUT2D eigenvalue weighted by molar-refractivity contribution is 5.86. The number of hydrogen-bond donors (Lipinski definition) is 1. The van der Waals surface area contributed by atoms with Crippen molar-refractivity contribution in [3.8, 4) is 0 Å². The van der Waals surface area contributed by atoms with Crippen molar-refractivity contribution in [1.82, 2.24) is 15.1 Å². The Morgan fingerprint density at radius 3 is 2.11 bits per heavy atom. The van der Waals surface area contributed by atoms with Gasteiger partial charge >= 0.3 is 6.09 Å². The van der Waals surface area contributed by atoms with E-state index in [2.05, 4.69) is 10.2 Å². The van der Waals surface area contributed by atoms with E-state index in [9.17, 15) is 9.59 Å². The summed E-state index contributed by atoms with van der Waals surface area (Å²) in [5.41, 5.74) is 1.90. The number of nitrogens with one attached hydrogen (secondary N) is 1. The first-order valence-corrected chi connectivity index (χ1v) is 9.60. The first-order valence-electron chi connectivity index (χ1n) is 9.60. The largest absolute Gasteiger partial charge is 0.445 e. The van der Waals surface area contributed by atoms with Gasteiger partial charge in [-0.05, 0) is 18.2 Å². The highest BCUT2D eigenvalue weighted by Gasteiger charge is 2.28. The molecule has 1 fully saturated rings. The lowest BCUT2D eigenvalue weighted by Gasteiger charge is -2.34. The van der Waals surface area contributed by atoms with Crippen LogP contribution in [0.3, 0.4) is 0 Å². The zero-order valence-corrected chi connectivity index (χ0v) is 16.2. The number of benzene rings is 2. The number of carbonyl (C=O) groups excluding carboxylic acids is 2. The molecule has 1 saturated heterocycles. The van der Waals surface area contributed by atoms with Crippen molar-refractivity contribution in [1.29, 1.82) is 0 Å². The van der Waals surface area contributed by atoms with Gasteiger partial charge in [-0.2, -0.15) is 0 Å². The second kappa shape index (κ2) is 9.90. The molecule has 1 aliphatic rings. The van der Waals surface area contributed by atoms with E-state index < -0.39 is 12.1 Å². The summed E-state index contributed by atoms with van der Waals surface area (Å²) in [4.78, 5) is 29.4. The maximum atomic E-state index is 13.1. The zero-order chi connectivity index (χ0) is 19.8. The molecule has 0 saturated carbocycles. The van der Waals surface area contributed by atoms with Crippen molar-refractivity contribution in [3.05, 3.63) is 71.8 Å². The summed E-state index contributed by atoms with van der Waals surface area (Å²) in [6, 6.07) is 18.6.